The summed E-state index contributed by atoms with van der Waals surface area (Å²) in [5.41, 5.74) is 0.220. The summed E-state index contributed by atoms with van der Waals surface area (Å²) in [7, 11) is -0.320. The first-order valence-electron chi connectivity index (χ1n) is 10.5. The molecule has 3 aromatic carbocycles. The lowest BCUT2D eigenvalue weighted by Gasteiger charge is -2.24. The third-order valence-electron chi connectivity index (χ3n) is 5.10. The number of ether oxygens (including phenoxy) is 3. The van der Waals surface area contributed by atoms with E-state index in [1.54, 1.807) is 30.3 Å². The van der Waals surface area contributed by atoms with Gasteiger partial charge in [0.25, 0.3) is 10.0 Å². The Morgan fingerprint density at radius 1 is 0.833 bits per heavy atom. The number of nitrogens with zero attached hydrogens (tertiary/aromatic N) is 1. The van der Waals surface area contributed by atoms with Gasteiger partial charge in [0, 0.05) is 0 Å². The van der Waals surface area contributed by atoms with Crippen molar-refractivity contribution in [3.63, 3.8) is 0 Å². The molecule has 11 heteroatoms. The molecule has 0 saturated heterocycles. The van der Waals surface area contributed by atoms with Crippen LogP contribution in [0.15, 0.2) is 77.7 Å². The van der Waals surface area contributed by atoms with Crippen LogP contribution in [-0.2, 0) is 24.3 Å². The van der Waals surface area contributed by atoms with E-state index in [1.807, 2.05) is 0 Å². The molecule has 0 fully saturated rings. The number of carbonyl (C=O) groups excluding carboxylic acids is 3. The molecule has 0 unspecified atom stereocenters. The summed E-state index contributed by atoms with van der Waals surface area (Å²) < 4.78 is 42.4. The van der Waals surface area contributed by atoms with Crippen LogP contribution >= 0.6 is 0 Å². The molecule has 1 amide bonds. The molecule has 0 atom stereocenters. The summed E-state index contributed by atoms with van der Waals surface area (Å²) in [5.74, 6) is -1.71. The molecule has 188 valence electrons. The summed E-state index contributed by atoms with van der Waals surface area (Å²) >= 11 is 0. The predicted molar refractivity (Wildman–Crippen MR) is 132 cm³/mol. The number of carbonyl (C=O) groups is 3. The topological polar surface area (TPSA) is 128 Å². The number of hydrogen-bond acceptors (Lipinski definition) is 8. The highest BCUT2D eigenvalue weighted by Crippen LogP contribution is 2.26. The van der Waals surface area contributed by atoms with Crippen LogP contribution in [0.25, 0.3) is 0 Å². The molecule has 0 aliphatic rings. The fourth-order valence-corrected chi connectivity index (χ4v) is 4.73. The number of benzene rings is 3. The van der Waals surface area contributed by atoms with Crippen molar-refractivity contribution in [3.8, 4) is 5.75 Å². The summed E-state index contributed by atoms with van der Waals surface area (Å²) in [6, 6.07) is 17.7. The monoisotopic (exact) mass is 512 g/mol. The van der Waals surface area contributed by atoms with E-state index in [0.29, 0.717) is 5.75 Å². The molecule has 3 rings (SSSR count). The van der Waals surface area contributed by atoms with Gasteiger partial charge in [0.1, 0.15) is 12.3 Å². The van der Waals surface area contributed by atoms with Crippen molar-refractivity contribution in [3.05, 3.63) is 83.9 Å². The molecule has 36 heavy (non-hydrogen) atoms. The van der Waals surface area contributed by atoms with Crippen molar-refractivity contribution in [2.45, 2.75) is 4.90 Å². The first-order chi connectivity index (χ1) is 17.2. The van der Waals surface area contributed by atoms with Crippen LogP contribution < -0.4 is 14.4 Å². The number of esters is 2. The lowest BCUT2D eigenvalue weighted by molar-refractivity contribution is -0.114. The molecule has 10 nitrogen and oxygen atoms in total. The van der Waals surface area contributed by atoms with Crippen LogP contribution in [0.2, 0.25) is 0 Å². The van der Waals surface area contributed by atoms with Gasteiger partial charge in [-0.2, -0.15) is 0 Å². The summed E-state index contributed by atoms with van der Waals surface area (Å²) in [6.07, 6.45) is 0. The fraction of sp³-hybridized carbons (Fsp3) is 0.160. The standard InChI is InChI=1S/C25H24N2O8S/c1-33-19-12-10-18(11-13-19)27(36(31,32)20-7-5-4-6-8-20)16-23(28)26-22-15-17(24(29)34-2)9-14-21(22)25(30)35-3/h4-15H,16H2,1-3H3,(H,26,28). The van der Waals surface area contributed by atoms with Crippen molar-refractivity contribution < 1.29 is 37.0 Å². The summed E-state index contributed by atoms with van der Waals surface area (Å²) in [6.45, 7) is -0.632. The Kier molecular flexibility index (Phi) is 8.28. The first kappa shape index (κ1) is 26.2. The molecule has 0 aromatic heterocycles. The number of sulfonamides is 1. The van der Waals surface area contributed by atoms with E-state index in [-0.39, 0.29) is 27.4 Å². The van der Waals surface area contributed by atoms with Crippen LogP contribution in [0.5, 0.6) is 5.75 Å². The maximum absolute atomic E-state index is 13.5. The van der Waals surface area contributed by atoms with Crippen molar-refractivity contribution in [1.29, 1.82) is 0 Å². The average molecular weight is 513 g/mol. The average Bonchev–Trinajstić information content (AvgIpc) is 2.91. The number of methoxy groups -OCH3 is 3. The number of hydrogen-bond donors (Lipinski definition) is 1. The van der Waals surface area contributed by atoms with E-state index >= 15 is 0 Å². The smallest absolute Gasteiger partial charge is 0.339 e. The van der Waals surface area contributed by atoms with Crippen molar-refractivity contribution >= 4 is 39.2 Å². The number of nitrogens with one attached hydrogen (secondary N) is 1. The van der Waals surface area contributed by atoms with Crippen molar-refractivity contribution in [1.82, 2.24) is 0 Å². The van der Waals surface area contributed by atoms with Gasteiger partial charge in [0.05, 0.1) is 48.7 Å². The van der Waals surface area contributed by atoms with Crippen LogP contribution in [-0.4, -0.2) is 54.1 Å². The molecule has 0 saturated carbocycles. The highest BCUT2D eigenvalue weighted by molar-refractivity contribution is 7.92. The molecule has 0 bridgehead atoms. The molecule has 0 radical (unpaired) electrons. The molecule has 3 aromatic rings. The van der Waals surface area contributed by atoms with Gasteiger partial charge in [-0.15, -0.1) is 0 Å². The second-order valence-corrected chi connectivity index (χ2v) is 9.18. The van der Waals surface area contributed by atoms with E-state index < -0.39 is 34.4 Å². The highest BCUT2D eigenvalue weighted by Gasteiger charge is 2.28. The minimum Gasteiger partial charge on any atom is -0.497 e. The predicted octanol–water partition coefficient (Wildman–Crippen LogP) is 3.10. The van der Waals surface area contributed by atoms with E-state index in [4.69, 9.17) is 14.2 Å². The molecule has 0 aliphatic heterocycles. The Hall–Kier alpha value is -4.38. The van der Waals surface area contributed by atoms with Crippen LogP contribution in [0, 0.1) is 0 Å². The van der Waals surface area contributed by atoms with Gasteiger partial charge >= 0.3 is 11.9 Å². The Labute approximate surface area is 208 Å². The highest BCUT2D eigenvalue weighted by atomic mass is 32.2. The maximum Gasteiger partial charge on any atom is 0.339 e. The van der Waals surface area contributed by atoms with Gasteiger partial charge in [-0.1, -0.05) is 18.2 Å². The minimum absolute atomic E-state index is 0.0171. The number of rotatable bonds is 9. The van der Waals surface area contributed by atoms with Gasteiger partial charge in [0.2, 0.25) is 5.91 Å². The second-order valence-electron chi connectivity index (χ2n) is 7.31. The molecule has 0 spiro atoms. The first-order valence-corrected chi connectivity index (χ1v) is 12.0. The maximum atomic E-state index is 13.5. The molecule has 0 heterocycles. The van der Waals surface area contributed by atoms with E-state index in [0.717, 1.165) is 4.31 Å². The van der Waals surface area contributed by atoms with Gasteiger partial charge < -0.3 is 19.5 Å². The third kappa shape index (κ3) is 5.81. The Morgan fingerprint density at radius 2 is 1.47 bits per heavy atom. The Morgan fingerprint density at radius 3 is 2.06 bits per heavy atom. The minimum atomic E-state index is -4.15. The number of anilines is 2. The van der Waals surface area contributed by atoms with E-state index in [1.165, 1.54) is 63.8 Å². The zero-order valence-electron chi connectivity index (χ0n) is 19.8. The summed E-state index contributed by atoms with van der Waals surface area (Å²) in [5, 5.41) is 2.51. The zero-order chi connectivity index (χ0) is 26.3. The molecular formula is C25H24N2O8S. The fourth-order valence-electron chi connectivity index (χ4n) is 3.28. The molecule has 0 aliphatic carbocycles. The largest absolute Gasteiger partial charge is 0.497 e. The van der Waals surface area contributed by atoms with E-state index in [2.05, 4.69) is 5.32 Å². The van der Waals surface area contributed by atoms with Crippen molar-refractivity contribution in [2.75, 3.05) is 37.5 Å². The molecular weight excluding hydrogens is 488 g/mol. The zero-order valence-corrected chi connectivity index (χ0v) is 20.6. The SMILES string of the molecule is COC(=O)c1ccc(C(=O)OC)c(NC(=O)CN(c2ccc(OC)cc2)S(=O)(=O)c2ccccc2)c1. The Bertz CT molecular complexity index is 1360. The summed E-state index contributed by atoms with van der Waals surface area (Å²) in [4.78, 5) is 37.2. The van der Waals surface area contributed by atoms with Gasteiger partial charge in [0.15, 0.2) is 0 Å². The quantitative estimate of drug-likeness (QED) is 0.433. The van der Waals surface area contributed by atoms with E-state index in [9.17, 15) is 22.8 Å². The second kappa shape index (κ2) is 11.4. The van der Waals surface area contributed by atoms with Crippen LogP contribution in [0.4, 0.5) is 11.4 Å². The lowest BCUT2D eigenvalue weighted by atomic mass is 10.1. The van der Waals surface area contributed by atoms with Crippen molar-refractivity contribution in [2.24, 2.45) is 0 Å². The van der Waals surface area contributed by atoms with Crippen LogP contribution in [0.1, 0.15) is 20.7 Å². The van der Waals surface area contributed by atoms with Gasteiger partial charge in [-0.05, 0) is 54.6 Å². The number of amides is 1. The third-order valence-corrected chi connectivity index (χ3v) is 6.89. The Balaban J connectivity index is 1.99. The van der Waals surface area contributed by atoms with Gasteiger partial charge in [-0.25, -0.2) is 18.0 Å². The molecule has 1 N–H and O–H groups in total. The normalized spacial score (nSPS) is 10.8. The lowest BCUT2D eigenvalue weighted by Crippen LogP contribution is -2.38. The van der Waals surface area contributed by atoms with Gasteiger partial charge in [-0.3, -0.25) is 9.10 Å². The van der Waals surface area contributed by atoms with Crippen LogP contribution in [0.3, 0.4) is 0 Å².